The smallest absolute Gasteiger partial charge is 0.248 e. The highest BCUT2D eigenvalue weighted by molar-refractivity contribution is 5.89. The zero-order valence-electron chi connectivity index (χ0n) is 26.4. The van der Waals surface area contributed by atoms with Gasteiger partial charge in [0.15, 0.2) is 0 Å². The van der Waals surface area contributed by atoms with Gasteiger partial charge in [-0.1, -0.05) is 30.3 Å². The molecule has 254 valence electrons. The topological polar surface area (TPSA) is 129 Å². The van der Waals surface area contributed by atoms with Crippen LogP contribution in [0.5, 0.6) is 0 Å². The van der Waals surface area contributed by atoms with Gasteiger partial charge in [-0.25, -0.2) is 8.78 Å². The molecule has 11 nitrogen and oxygen atoms in total. The van der Waals surface area contributed by atoms with Crippen molar-refractivity contribution in [3.05, 3.63) is 35.9 Å². The number of amides is 4. The van der Waals surface area contributed by atoms with Gasteiger partial charge in [-0.2, -0.15) is 0 Å². The van der Waals surface area contributed by atoms with Gasteiger partial charge in [0, 0.05) is 70.5 Å². The van der Waals surface area contributed by atoms with Crippen LogP contribution in [-0.4, -0.2) is 110 Å². The first-order valence-electron chi connectivity index (χ1n) is 16.6. The van der Waals surface area contributed by atoms with E-state index in [1.165, 1.54) is 0 Å². The summed E-state index contributed by atoms with van der Waals surface area (Å²) in [5.41, 5.74) is 0.987. The van der Waals surface area contributed by atoms with Crippen LogP contribution in [0, 0.1) is 11.8 Å². The van der Waals surface area contributed by atoms with Crippen LogP contribution < -0.4 is 16.0 Å². The highest BCUT2D eigenvalue weighted by Gasteiger charge is 2.45. The summed E-state index contributed by atoms with van der Waals surface area (Å²) in [4.78, 5) is 56.9. The lowest BCUT2D eigenvalue weighted by molar-refractivity contribution is -0.143. The standard InChI is InChI=1S/C33H47F2N5O6/c34-33(35)10-6-26(7-11-33)38-27-9-14-40-29(42)19-25-21-39(30(43)22-46-17-16-45-15-12-36-32(44)31(27)40)13-8-24(25)18-28(41)37-20-23-4-2-1-3-5-23/h1-5,24-27,31,38H,6-22H2,(H,36,44)(H,37,41)/t24-,25-,27+,31-/m0/s1. The molecule has 0 radical (unpaired) electrons. The van der Waals surface area contributed by atoms with Crippen molar-refractivity contribution in [3.63, 3.8) is 0 Å². The van der Waals surface area contributed by atoms with E-state index in [9.17, 15) is 28.0 Å². The number of carbonyl (C=O) groups is 4. The predicted molar refractivity (Wildman–Crippen MR) is 165 cm³/mol. The number of halogens is 2. The summed E-state index contributed by atoms with van der Waals surface area (Å²) in [6.45, 7) is 2.37. The average Bonchev–Trinajstić information content (AvgIpc) is 3.46. The molecule has 1 aliphatic carbocycles. The summed E-state index contributed by atoms with van der Waals surface area (Å²) in [7, 11) is 0. The molecule has 46 heavy (non-hydrogen) atoms. The number of carbonyl (C=O) groups excluding carboxylic acids is 4. The van der Waals surface area contributed by atoms with Crippen LogP contribution in [0.25, 0.3) is 0 Å². The molecule has 0 aromatic heterocycles. The number of alkyl halides is 2. The molecule has 4 fully saturated rings. The van der Waals surface area contributed by atoms with Gasteiger partial charge in [0.05, 0.1) is 19.8 Å². The minimum absolute atomic E-state index is 0.0799. The van der Waals surface area contributed by atoms with E-state index >= 15 is 0 Å². The van der Waals surface area contributed by atoms with Gasteiger partial charge >= 0.3 is 0 Å². The van der Waals surface area contributed by atoms with Gasteiger partial charge in [0.2, 0.25) is 29.6 Å². The third-order valence-electron chi connectivity index (χ3n) is 9.76. The molecule has 1 saturated carbocycles. The summed E-state index contributed by atoms with van der Waals surface area (Å²) in [6, 6.07) is 8.29. The molecule has 5 rings (SSSR count). The van der Waals surface area contributed by atoms with Crippen LogP contribution in [0.1, 0.15) is 56.9 Å². The summed E-state index contributed by atoms with van der Waals surface area (Å²) in [6.07, 6.45) is 1.60. The average molecular weight is 648 g/mol. The first kappa shape index (κ1) is 34.2. The summed E-state index contributed by atoms with van der Waals surface area (Å²) < 4.78 is 38.7. The van der Waals surface area contributed by atoms with Crippen LogP contribution in [0.2, 0.25) is 0 Å². The molecule has 0 unspecified atom stereocenters. The van der Waals surface area contributed by atoms with Gasteiger partial charge in [-0.05, 0) is 43.1 Å². The summed E-state index contributed by atoms with van der Waals surface area (Å²) in [5, 5.41) is 9.31. The third kappa shape index (κ3) is 9.45. The Labute approximate surface area is 269 Å². The second kappa shape index (κ2) is 16.1. The number of piperidine rings is 1. The van der Waals surface area contributed by atoms with Gasteiger partial charge < -0.3 is 35.2 Å². The molecule has 2 bridgehead atoms. The predicted octanol–water partition coefficient (Wildman–Crippen LogP) is 1.85. The van der Waals surface area contributed by atoms with E-state index in [1.54, 1.807) is 9.80 Å². The Morgan fingerprint density at radius 2 is 1.72 bits per heavy atom. The van der Waals surface area contributed by atoms with E-state index in [0.717, 1.165) is 5.56 Å². The molecule has 3 N–H and O–H groups in total. The zero-order chi connectivity index (χ0) is 32.5. The molecule has 1 aromatic carbocycles. The molecule has 3 saturated heterocycles. The zero-order valence-corrected chi connectivity index (χ0v) is 26.4. The van der Waals surface area contributed by atoms with Crippen LogP contribution in [0.4, 0.5) is 8.78 Å². The number of hydrogen-bond donors (Lipinski definition) is 3. The number of nitrogens with zero attached hydrogens (tertiary/aromatic N) is 2. The maximum atomic E-state index is 14.0. The van der Waals surface area contributed by atoms with Crippen molar-refractivity contribution in [1.82, 2.24) is 25.8 Å². The lowest BCUT2D eigenvalue weighted by Gasteiger charge is -2.39. The SMILES string of the molecule is O=C(C[C@@H]1CCN2C[C@@H]1CC(=O)N1CC[C@@H](NC3CCC(F)(F)CC3)[C@H]1C(=O)NCCOCCOCC2=O)NCc1ccccc1. The van der Waals surface area contributed by atoms with Crippen molar-refractivity contribution < 1.29 is 37.4 Å². The number of hydrogen-bond acceptors (Lipinski definition) is 7. The normalized spacial score (nSPS) is 28.7. The highest BCUT2D eigenvalue weighted by Crippen LogP contribution is 2.35. The Morgan fingerprint density at radius 3 is 2.50 bits per heavy atom. The van der Waals surface area contributed by atoms with Crippen LogP contribution in [-0.2, 0) is 35.2 Å². The first-order chi connectivity index (χ1) is 22.2. The molecule has 0 spiro atoms. The van der Waals surface area contributed by atoms with Crippen molar-refractivity contribution >= 4 is 23.6 Å². The second-order valence-electron chi connectivity index (χ2n) is 13.0. The van der Waals surface area contributed by atoms with E-state index in [-0.39, 0.29) is 106 Å². The Balaban J connectivity index is 1.29. The Hall–Kier alpha value is -3.16. The van der Waals surface area contributed by atoms with Gasteiger partial charge in [-0.15, -0.1) is 0 Å². The molecule has 4 aliphatic rings. The number of fused-ring (bicyclic) bond motifs is 3. The van der Waals surface area contributed by atoms with Crippen molar-refractivity contribution in [1.29, 1.82) is 0 Å². The van der Waals surface area contributed by atoms with Gasteiger partial charge in [0.1, 0.15) is 12.6 Å². The quantitative estimate of drug-likeness (QED) is 0.430. The molecular formula is C33H47F2N5O6. The van der Waals surface area contributed by atoms with Gasteiger partial charge in [-0.3, -0.25) is 19.2 Å². The van der Waals surface area contributed by atoms with E-state index in [4.69, 9.17) is 9.47 Å². The van der Waals surface area contributed by atoms with E-state index < -0.39 is 12.0 Å². The molecule has 4 amide bonds. The van der Waals surface area contributed by atoms with E-state index in [1.807, 2.05) is 30.3 Å². The Kier molecular flexibility index (Phi) is 12.0. The molecular weight excluding hydrogens is 600 g/mol. The molecule has 3 heterocycles. The number of ether oxygens (including phenoxy) is 2. The van der Waals surface area contributed by atoms with Gasteiger partial charge in [0.25, 0.3) is 0 Å². The van der Waals surface area contributed by atoms with Crippen LogP contribution in [0.3, 0.4) is 0 Å². The van der Waals surface area contributed by atoms with Crippen LogP contribution >= 0.6 is 0 Å². The van der Waals surface area contributed by atoms with Crippen LogP contribution in [0.15, 0.2) is 30.3 Å². The highest BCUT2D eigenvalue weighted by atomic mass is 19.3. The van der Waals surface area contributed by atoms with E-state index in [2.05, 4.69) is 16.0 Å². The number of benzene rings is 1. The monoisotopic (exact) mass is 647 g/mol. The second-order valence-corrected chi connectivity index (χ2v) is 13.0. The van der Waals surface area contributed by atoms with Crippen molar-refractivity contribution in [2.24, 2.45) is 11.8 Å². The Bertz CT molecular complexity index is 1200. The van der Waals surface area contributed by atoms with Crippen molar-refractivity contribution in [3.8, 4) is 0 Å². The minimum Gasteiger partial charge on any atom is -0.377 e. The van der Waals surface area contributed by atoms with E-state index in [0.29, 0.717) is 51.9 Å². The molecule has 1 aromatic rings. The largest absolute Gasteiger partial charge is 0.377 e. The molecule has 3 aliphatic heterocycles. The molecule has 4 atom stereocenters. The third-order valence-corrected chi connectivity index (χ3v) is 9.76. The fourth-order valence-electron chi connectivity index (χ4n) is 7.16. The lowest BCUT2D eigenvalue weighted by atomic mass is 9.80. The number of rotatable bonds is 6. The maximum Gasteiger partial charge on any atom is 0.248 e. The lowest BCUT2D eigenvalue weighted by Crippen LogP contribution is -2.56. The minimum atomic E-state index is -2.66. The Morgan fingerprint density at radius 1 is 0.957 bits per heavy atom. The maximum absolute atomic E-state index is 14.0. The fraction of sp³-hybridized carbons (Fsp3) is 0.697. The fourth-order valence-corrected chi connectivity index (χ4v) is 7.16. The van der Waals surface area contributed by atoms with Crippen molar-refractivity contribution in [2.45, 2.75) is 82.0 Å². The number of nitrogens with one attached hydrogen (secondary N) is 3. The molecule has 13 heteroatoms. The summed E-state index contributed by atoms with van der Waals surface area (Å²) in [5.74, 6) is -3.91. The van der Waals surface area contributed by atoms with Crippen molar-refractivity contribution in [2.75, 3.05) is 52.6 Å². The first-order valence-corrected chi connectivity index (χ1v) is 16.6. The summed E-state index contributed by atoms with van der Waals surface area (Å²) >= 11 is 0.